The molecule has 0 spiro atoms. The van der Waals surface area contributed by atoms with Crippen molar-refractivity contribution in [1.29, 1.82) is 0 Å². The van der Waals surface area contributed by atoms with E-state index in [0.29, 0.717) is 36.5 Å². The fourth-order valence-electron chi connectivity index (χ4n) is 2.69. The summed E-state index contributed by atoms with van der Waals surface area (Å²) in [5.41, 5.74) is 0.888. The highest BCUT2D eigenvalue weighted by Gasteiger charge is 2.34. The first-order chi connectivity index (χ1) is 11.5. The number of anilines is 1. The molecule has 2 heterocycles. The van der Waals surface area contributed by atoms with Crippen molar-refractivity contribution in [1.82, 2.24) is 15.2 Å². The zero-order valence-corrected chi connectivity index (χ0v) is 13.4. The lowest BCUT2D eigenvalue weighted by Gasteiger charge is -2.27. The number of para-hydroxylation sites is 1. The van der Waals surface area contributed by atoms with Crippen molar-refractivity contribution in [3.05, 3.63) is 47.1 Å². The average molecular weight is 332 g/mol. The van der Waals surface area contributed by atoms with Crippen molar-refractivity contribution in [2.45, 2.75) is 20.3 Å². The van der Waals surface area contributed by atoms with Crippen LogP contribution in [0.4, 0.5) is 14.9 Å². The van der Waals surface area contributed by atoms with Gasteiger partial charge in [-0.2, -0.15) is 0 Å². The summed E-state index contributed by atoms with van der Waals surface area (Å²) in [7, 11) is 0. The number of amides is 3. The number of carbonyl (C=O) groups excluding carboxylic acids is 2. The van der Waals surface area contributed by atoms with Gasteiger partial charge in [0.25, 0.3) is 5.91 Å². The van der Waals surface area contributed by atoms with Crippen LogP contribution in [0, 0.1) is 19.7 Å². The molecular weight excluding hydrogens is 315 g/mol. The van der Waals surface area contributed by atoms with E-state index in [4.69, 9.17) is 4.52 Å². The van der Waals surface area contributed by atoms with Crippen LogP contribution in [0.25, 0.3) is 0 Å². The van der Waals surface area contributed by atoms with Crippen LogP contribution in [0.2, 0.25) is 0 Å². The number of hydrogen-bond acceptors (Lipinski definition) is 4. The predicted molar refractivity (Wildman–Crippen MR) is 83.8 cm³/mol. The van der Waals surface area contributed by atoms with Gasteiger partial charge in [0.1, 0.15) is 17.1 Å². The molecule has 1 saturated heterocycles. The zero-order valence-electron chi connectivity index (χ0n) is 13.4. The highest BCUT2D eigenvalue weighted by Crippen LogP contribution is 2.21. The molecule has 0 atom stereocenters. The third kappa shape index (κ3) is 2.82. The van der Waals surface area contributed by atoms with Crippen LogP contribution in [0.1, 0.15) is 28.2 Å². The van der Waals surface area contributed by atoms with Crippen LogP contribution >= 0.6 is 0 Å². The summed E-state index contributed by atoms with van der Waals surface area (Å²) in [4.78, 5) is 25.2. The lowest BCUT2D eigenvalue weighted by Crippen LogP contribution is -2.47. The first kappa shape index (κ1) is 16.0. The summed E-state index contributed by atoms with van der Waals surface area (Å²) in [6, 6.07) is 5.32. The van der Waals surface area contributed by atoms with Crippen LogP contribution < -0.4 is 5.32 Å². The lowest BCUT2D eigenvalue weighted by molar-refractivity contribution is 0.0402. The predicted octanol–water partition coefficient (Wildman–Crippen LogP) is 2.73. The molecule has 0 bridgehead atoms. The number of nitrogens with one attached hydrogen (secondary N) is 1. The first-order valence-electron chi connectivity index (χ1n) is 7.56. The van der Waals surface area contributed by atoms with Gasteiger partial charge < -0.3 is 9.84 Å². The molecule has 1 aliphatic heterocycles. The van der Waals surface area contributed by atoms with Gasteiger partial charge in [-0.05, 0) is 32.4 Å². The number of halogens is 1. The summed E-state index contributed by atoms with van der Waals surface area (Å²) in [6.45, 7) is 4.08. The van der Waals surface area contributed by atoms with Crippen LogP contribution in [-0.4, -0.2) is 40.2 Å². The number of urea groups is 1. The minimum atomic E-state index is -0.558. The minimum absolute atomic E-state index is 0.0686. The molecule has 0 radical (unpaired) electrons. The van der Waals surface area contributed by atoms with Crippen molar-refractivity contribution in [3.63, 3.8) is 0 Å². The van der Waals surface area contributed by atoms with E-state index >= 15 is 0 Å². The van der Waals surface area contributed by atoms with Crippen LogP contribution in [0.3, 0.4) is 0 Å². The van der Waals surface area contributed by atoms with Gasteiger partial charge in [-0.15, -0.1) is 0 Å². The molecule has 3 rings (SSSR count). The topological polar surface area (TPSA) is 78.7 Å². The third-order valence-corrected chi connectivity index (χ3v) is 3.86. The molecule has 1 fully saturated rings. The molecule has 126 valence electrons. The fraction of sp³-hybridized carbons (Fsp3) is 0.312. The Morgan fingerprint density at radius 2 is 1.92 bits per heavy atom. The summed E-state index contributed by atoms with van der Waals surface area (Å²) in [5, 5.41) is 8.87. The summed E-state index contributed by atoms with van der Waals surface area (Å²) < 4.78 is 18.7. The standard InChI is InChI=1S/C16H17FN4O3/c1-10-14(11(2)24-19-10)15(22)20-8-5-9-21(20)16(23)18-13-7-4-3-6-12(13)17/h3-4,6-7H,5,8-9H2,1-2H3,(H,18,23). The molecule has 0 saturated carbocycles. The number of hydrogen-bond donors (Lipinski definition) is 1. The summed E-state index contributed by atoms with van der Waals surface area (Å²) in [5.74, 6) is -0.486. The van der Waals surface area contributed by atoms with Crippen molar-refractivity contribution in [2.24, 2.45) is 0 Å². The van der Waals surface area contributed by atoms with E-state index in [9.17, 15) is 14.0 Å². The van der Waals surface area contributed by atoms with E-state index in [1.165, 1.54) is 28.2 Å². The quantitative estimate of drug-likeness (QED) is 0.917. The molecule has 7 nitrogen and oxygen atoms in total. The summed E-state index contributed by atoms with van der Waals surface area (Å²) in [6.07, 6.45) is 0.639. The highest BCUT2D eigenvalue weighted by atomic mass is 19.1. The molecule has 3 amide bonds. The molecule has 0 aliphatic carbocycles. The Kier molecular flexibility index (Phi) is 4.20. The fourth-order valence-corrected chi connectivity index (χ4v) is 2.69. The highest BCUT2D eigenvalue weighted by molar-refractivity contribution is 5.98. The summed E-state index contributed by atoms with van der Waals surface area (Å²) >= 11 is 0. The normalized spacial score (nSPS) is 14.1. The molecule has 1 N–H and O–H groups in total. The van der Waals surface area contributed by atoms with Crippen LogP contribution in [0.15, 0.2) is 28.8 Å². The zero-order chi connectivity index (χ0) is 17.3. The van der Waals surface area contributed by atoms with Gasteiger partial charge in [-0.3, -0.25) is 4.79 Å². The number of benzene rings is 1. The minimum Gasteiger partial charge on any atom is -0.361 e. The van der Waals surface area contributed by atoms with Crippen molar-refractivity contribution >= 4 is 17.6 Å². The van der Waals surface area contributed by atoms with Crippen molar-refractivity contribution in [2.75, 3.05) is 18.4 Å². The molecule has 1 aliphatic rings. The number of aromatic nitrogens is 1. The number of rotatable bonds is 2. The molecule has 1 aromatic carbocycles. The van der Waals surface area contributed by atoms with Crippen LogP contribution in [-0.2, 0) is 0 Å². The number of carbonyl (C=O) groups is 2. The molecule has 1 aromatic heterocycles. The Bertz CT molecular complexity index is 770. The maximum absolute atomic E-state index is 13.7. The number of aryl methyl sites for hydroxylation is 2. The van der Waals surface area contributed by atoms with E-state index in [1.54, 1.807) is 19.9 Å². The molecule has 24 heavy (non-hydrogen) atoms. The maximum Gasteiger partial charge on any atom is 0.340 e. The Hall–Kier alpha value is -2.90. The van der Waals surface area contributed by atoms with Gasteiger partial charge in [0.05, 0.1) is 11.4 Å². The number of nitrogens with zero attached hydrogens (tertiary/aromatic N) is 3. The van der Waals surface area contributed by atoms with Crippen molar-refractivity contribution < 1.29 is 18.5 Å². The first-order valence-corrected chi connectivity index (χ1v) is 7.56. The van der Waals surface area contributed by atoms with Gasteiger partial charge >= 0.3 is 6.03 Å². The Morgan fingerprint density at radius 3 is 2.58 bits per heavy atom. The monoisotopic (exact) mass is 332 g/mol. The van der Waals surface area contributed by atoms with E-state index in [1.807, 2.05) is 0 Å². The van der Waals surface area contributed by atoms with Crippen molar-refractivity contribution in [3.8, 4) is 0 Å². The largest absolute Gasteiger partial charge is 0.361 e. The van der Waals surface area contributed by atoms with Gasteiger partial charge in [0.2, 0.25) is 0 Å². The second-order valence-corrected chi connectivity index (χ2v) is 5.51. The van der Waals surface area contributed by atoms with E-state index < -0.39 is 11.8 Å². The van der Waals surface area contributed by atoms with Crippen LogP contribution in [0.5, 0.6) is 0 Å². The average Bonchev–Trinajstić information content (AvgIpc) is 3.16. The Balaban J connectivity index is 1.79. The molecule has 8 heteroatoms. The van der Waals surface area contributed by atoms with E-state index in [0.717, 1.165) is 0 Å². The Morgan fingerprint density at radius 1 is 1.21 bits per heavy atom. The SMILES string of the molecule is Cc1noc(C)c1C(=O)N1CCCN1C(=O)Nc1ccccc1F. The lowest BCUT2D eigenvalue weighted by atomic mass is 10.2. The number of hydrazine groups is 1. The molecule has 2 aromatic rings. The van der Waals surface area contributed by atoms with E-state index in [2.05, 4.69) is 10.5 Å². The third-order valence-electron chi connectivity index (χ3n) is 3.86. The maximum atomic E-state index is 13.7. The van der Waals surface area contributed by atoms with Gasteiger partial charge in [0.15, 0.2) is 0 Å². The van der Waals surface area contributed by atoms with E-state index in [-0.39, 0.29) is 11.6 Å². The molecule has 0 unspecified atom stereocenters. The second-order valence-electron chi connectivity index (χ2n) is 5.51. The second kappa shape index (κ2) is 6.31. The van der Waals surface area contributed by atoms with Gasteiger partial charge in [-0.25, -0.2) is 19.2 Å². The molecular formula is C16H17FN4O3. The van der Waals surface area contributed by atoms with Gasteiger partial charge in [-0.1, -0.05) is 17.3 Å². The Labute approximate surface area is 138 Å². The van der Waals surface area contributed by atoms with Gasteiger partial charge in [0, 0.05) is 13.1 Å². The smallest absolute Gasteiger partial charge is 0.340 e.